The molecule has 0 heterocycles. The molecule has 0 aliphatic carbocycles. The topological polar surface area (TPSA) is 12.0 Å². The molecule has 0 aromatic heterocycles. The highest BCUT2D eigenvalue weighted by molar-refractivity contribution is 6.87. The molecule has 13 heavy (non-hydrogen) atoms. The van der Waals surface area contributed by atoms with Crippen LogP contribution in [0, 0.1) is 0 Å². The highest BCUT2D eigenvalue weighted by Gasteiger charge is 2.20. The molecule has 1 aromatic carbocycles. The van der Waals surface area contributed by atoms with E-state index >= 15 is 0 Å². The van der Waals surface area contributed by atoms with Gasteiger partial charge in [0, 0.05) is 0 Å². The van der Waals surface area contributed by atoms with E-state index in [0.29, 0.717) is 0 Å². The first-order valence-electron chi connectivity index (χ1n) is 4.52. The molecule has 0 saturated carbocycles. The number of hydrogen-bond donors (Lipinski definition) is 1. The first-order valence-corrected chi connectivity index (χ1v) is 7.52. The maximum atomic E-state index is 3.74. The summed E-state index contributed by atoms with van der Waals surface area (Å²) in [6, 6.07) is 8.63. The number of benzene rings is 1. The van der Waals surface area contributed by atoms with Gasteiger partial charge in [0.05, 0.1) is 0 Å². The second-order valence-corrected chi connectivity index (χ2v) is 8.03. The lowest BCUT2D eigenvalue weighted by atomic mass is 10.2. The van der Waals surface area contributed by atoms with Crippen LogP contribution in [0.25, 0.3) is 6.08 Å². The Labute approximate surface area is 81.6 Å². The van der Waals surface area contributed by atoms with Crippen molar-refractivity contribution in [2.75, 3.05) is 7.05 Å². The third kappa shape index (κ3) is 2.29. The summed E-state index contributed by atoms with van der Waals surface area (Å²) in [6.45, 7) is 8.34. The highest BCUT2D eigenvalue weighted by atomic mass is 28.3. The molecule has 0 aliphatic heterocycles. The molecular weight excluding hydrogens is 174 g/mol. The molecule has 1 nitrogen and oxygen atoms in total. The van der Waals surface area contributed by atoms with Crippen LogP contribution in [0.15, 0.2) is 30.8 Å². The summed E-state index contributed by atoms with van der Waals surface area (Å²) in [6.07, 6.45) is 1.87. The summed E-state index contributed by atoms with van der Waals surface area (Å²) in [7, 11) is 0.662. The SMILES string of the molecule is C=Cc1ccc([Si](C)(C)NC)cc1. The second-order valence-electron chi connectivity index (χ2n) is 3.70. The maximum Gasteiger partial charge on any atom is 0.151 e. The number of rotatable bonds is 3. The van der Waals surface area contributed by atoms with Gasteiger partial charge in [0.2, 0.25) is 0 Å². The van der Waals surface area contributed by atoms with Gasteiger partial charge < -0.3 is 4.98 Å². The van der Waals surface area contributed by atoms with Gasteiger partial charge in [-0.3, -0.25) is 0 Å². The Balaban J connectivity index is 2.98. The highest BCUT2D eigenvalue weighted by Crippen LogP contribution is 2.02. The van der Waals surface area contributed by atoms with Crippen LogP contribution in [-0.2, 0) is 0 Å². The summed E-state index contributed by atoms with van der Waals surface area (Å²) in [4.78, 5) is 3.41. The van der Waals surface area contributed by atoms with Crippen LogP contribution >= 0.6 is 0 Å². The number of hydrogen-bond acceptors (Lipinski definition) is 1. The lowest BCUT2D eigenvalue weighted by Crippen LogP contribution is -2.53. The van der Waals surface area contributed by atoms with Crippen LogP contribution in [-0.4, -0.2) is 15.3 Å². The molecule has 0 spiro atoms. The van der Waals surface area contributed by atoms with Crippen LogP contribution in [0.3, 0.4) is 0 Å². The van der Waals surface area contributed by atoms with Crippen molar-refractivity contribution in [3.05, 3.63) is 36.4 Å². The Kier molecular flexibility index (Phi) is 3.06. The van der Waals surface area contributed by atoms with Gasteiger partial charge in [0.1, 0.15) is 0 Å². The molecule has 1 aromatic rings. The smallest absolute Gasteiger partial charge is 0.151 e. The van der Waals surface area contributed by atoms with Crippen molar-refractivity contribution in [3.8, 4) is 0 Å². The van der Waals surface area contributed by atoms with E-state index in [1.165, 1.54) is 10.8 Å². The van der Waals surface area contributed by atoms with E-state index in [4.69, 9.17) is 0 Å². The van der Waals surface area contributed by atoms with E-state index in [0.717, 1.165) is 0 Å². The molecule has 0 unspecified atom stereocenters. The Morgan fingerprint density at radius 3 is 2.15 bits per heavy atom. The Morgan fingerprint density at radius 1 is 1.23 bits per heavy atom. The van der Waals surface area contributed by atoms with Gasteiger partial charge in [-0.15, -0.1) is 0 Å². The van der Waals surface area contributed by atoms with Crippen LogP contribution in [0.2, 0.25) is 13.1 Å². The van der Waals surface area contributed by atoms with Gasteiger partial charge >= 0.3 is 0 Å². The fraction of sp³-hybridized carbons (Fsp3) is 0.273. The molecule has 1 N–H and O–H groups in total. The molecule has 0 bridgehead atoms. The maximum absolute atomic E-state index is 3.74. The molecule has 70 valence electrons. The summed E-state index contributed by atoms with van der Waals surface area (Å²) in [5.41, 5.74) is 1.18. The summed E-state index contributed by atoms with van der Waals surface area (Å²) in [5.74, 6) is 0. The van der Waals surface area contributed by atoms with Gasteiger partial charge in [-0.05, 0) is 17.8 Å². The third-order valence-electron chi connectivity index (χ3n) is 2.49. The second kappa shape index (κ2) is 3.90. The molecule has 1 rings (SSSR count). The minimum Gasteiger partial charge on any atom is -0.337 e. The van der Waals surface area contributed by atoms with E-state index in [9.17, 15) is 0 Å². The largest absolute Gasteiger partial charge is 0.337 e. The van der Waals surface area contributed by atoms with Crippen molar-refractivity contribution in [3.63, 3.8) is 0 Å². The average Bonchev–Trinajstić information content (AvgIpc) is 2.18. The van der Waals surface area contributed by atoms with Gasteiger partial charge in [-0.25, -0.2) is 0 Å². The zero-order chi connectivity index (χ0) is 9.90. The fourth-order valence-corrected chi connectivity index (χ4v) is 2.47. The standard InChI is InChI=1S/C11H17NSi/c1-5-10-6-8-11(9-7-10)13(3,4)12-2/h5-9,12H,1H2,2-4H3. The van der Waals surface area contributed by atoms with Crippen molar-refractivity contribution >= 4 is 19.5 Å². The zero-order valence-corrected chi connectivity index (χ0v) is 9.59. The molecule has 2 heteroatoms. The van der Waals surface area contributed by atoms with E-state index in [-0.39, 0.29) is 0 Å². The Morgan fingerprint density at radius 2 is 1.77 bits per heavy atom. The van der Waals surface area contributed by atoms with Crippen molar-refractivity contribution in [1.29, 1.82) is 0 Å². The van der Waals surface area contributed by atoms with Gasteiger partial charge in [-0.1, -0.05) is 50.0 Å². The van der Waals surface area contributed by atoms with Crippen molar-refractivity contribution in [2.45, 2.75) is 13.1 Å². The molecule has 0 aliphatic rings. The predicted octanol–water partition coefficient (Wildman–Crippen LogP) is 1.96. The number of nitrogens with one attached hydrogen (secondary N) is 1. The Hall–Kier alpha value is -0.863. The predicted molar refractivity (Wildman–Crippen MR) is 62.7 cm³/mol. The van der Waals surface area contributed by atoms with Gasteiger partial charge in [0.25, 0.3) is 0 Å². The normalized spacial score (nSPS) is 11.3. The van der Waals surface area contributed by atoms with Crippen LogP contribution < -0.4 is 10.2 Å². The first-order chi connectivity index (χ1) is 6.10. The first kappa shape index (κ1) is 10.2. The minimum absolute atomic E-state index is 1.18. The van der Waals surface area contributed by atoms with Crippen LogP contribution in [0.5, 0.6) is 0 Å². The summed E-state index contributed by atoms with van der Waals surface area (Å²) >= 11 is 0. The quantitative estimate of drug-likeness (QED) is 0.720. The lowest BCUT2D eigenvalue weighted by Gasteiger charge is -2.21. The van der Waals surface area contributed by atoms with E-state index in [2.05, 4.69) is 48.9 Å². The van der Waals surface area contributed by atoms with E-state index in [1.807, 2.05) is 13.1 Å². The van der Waals surface area contributed by atoms with Crippen LogP contribution in [0.1, 0.15) is 5.56 Å². The van der Waals surface area contributed by atoms with E-state index < -0.39 is 8.24 Å². The summed E-state index contributed by atoms with van der Waals surface area (Å²) in [5, 5.41) is 1.43. The molecule has 0 amide bonds. The lowest BCUT2D eigenvalue weighted by molar-refractivity contribution is 1.18. The van der Waals surface area contributed by atoms with Crippen molar-refractivity contribution < 1.29 is 0 Å². The molecule has 0 atom stereocenters. The summed E-state index contributed by atoms with van der Waals surface area (Å²) < 4.78 is 0. The van der Waals surface area contributed by atoms with Gasteiger partial charge in [0.15, 0.2) is 8.24 Å². The van der Waals surface area contributed by atoms with E-state index in [1.54, 1.807) is 0 Å². The Bertz CT molecular complexity index is 287. The average molecular weight is 191 g/mol. The van der Waals surface area contributed by atoms with Crippen molar-refractivity contribution in [1.82, 2.24) is 4.98 Å². The minimum atomic E-state index is -1.37. The van der Waals surface area contributed by atoms with Gasteiger partial charge in [-0.2, -0.15) is 0 Å². The monoisotopic (exact) mass is 191 g/mol. The molecular formula is C11H17NSi. The molecule has 0 saturated heterocycles. The van der Waals surface area contributed by atoms with Crippen molar-refractivity contribution in [2.24, 2.45) is 0 Å². The van der Waals surface area contributed by atoms with Crippen LogP contribution in [0.4, 0.5) is 0 Å². The third-order valence-corrected chi connectivity index (χ3v) is 5.52. The molecule has 0 fully saturated rings. The zero-order valence-electron chi connectivity index (χ0n) is 8.59. The molecule has 0 radical (unpaired) electrons. The fourth-order valence-electron chi connectivity index (χ4n) is 1.18.